The molecule has 1 fully saturated rings. The molecule has 3 unspecified atom stereocenters. The third-order valence-electron chi connectivity index (χ3n) is 5.89. The maximum absolute atomic E-state index is 12.6. The Balaban J connectivity index is 1.21. The van der Waals surface area contributed by atoms with Crippen molar-refractivity contribution in [2.75, 3.05) is 39.6 Å². The van der Waals surface area contributed by atoms with Gasteiger partial charge in [0, 0.05) is 6.08 Å². The first-order valence-corrected chi connectivity index (χ1v) is 12.5. The first-order valence-electron chi connectivity index (χ1n) is 12.5. The molecule has 0 bridgehead atoms. The third kappa shape index (κ3) is 8.42. The van der Waals surface area contributed by atoms with Crippen molar-refractivity contribution < 1.29 is 47.9 Å². The predicted octanol–water partition coefficient (Wildman–Crippen LogP) is 2.68. The zero-order valence-electron chi connectivity index (χ0n) is 21.3. The van der Waals surface area contributed by atoms with Gasteiger partial charge in [0.25, 0.3) is 0 Å². The van der Waals surface area contributed by atoms with Crippen molar-refractivity contribution in [3.63, 3.8) is 0 Å². The Kier molecular flexibility index (Phi) is 9.71. The molecule has 2 aromatic carbocycles. The maximum Gasteiger partial charge on any atom is 0.334 e. The SMILES string of the molecule is C=CC(=O)OCCOC(=O)C1CC=CC=C1C(=O)OCC(O)COc1ccc2cc(OCC3CO3)ccc2c1. The van der Waals surface area contributed by atoms with Gasteiger partial charge in [0.2, 0.25) is 0 Å². The maximum atomic E-state index is 12.6. The van der Waals surface area contributed by atoms with Gasteiger partial charge in [-0.15, -0.1) is 0 Å². The van der Waals surface area contributed by atoms with E-state index >= 15 is 0 Å². The lowest BCUT2D eigenvalue weighted by Crippen LogP contribution is -2.30. The van der Waals surface area contributed by atoms with Crippen LogP contribution in [0, 0.1) is 5.92 Å². The summed E-state index contributed by atoms with van der Waals surface area (Å²) in [4.78, 5) is 36.1. The Morgan fingerprint density at radius 2 is 1.69 bits per heavy atom. The van der Waals surface area contributed by atoms with Crippen molar-refractivity contribution in [2.45, 2.75) is 18.6 Å². The molecule has 0 saturated carbocycles. The summed E-state index contributed by atoms with van der Waals surface area (Å²) in [6, 6.07) is 11.2. The first kappa shape index (κ1) is 27.9. The number of carbonyl (C=O) groups is 3. The van der Waals surface area contributed by atoms with Crippen LogP contribution in [0.3, 0.4) is 0 Å². The summed E-state index contributed by atoms with van der Waals surface area (Å²) in [6.07, 6.45) is 5.19. The summed E-state index contributed by atoms with van der Waals surface area (Å²) in [7, 11) is 0. The summed E-state index contributed by atoms with van der Waals surface area (Å²) in [5.41, 5.74) is 0.112. The molecule has 1 aliphatic heterocycles. The molecule has 0 amide bonds. The van der Waals surface area contributed by atoms with Gasteiger partial charge in [0.15, 0.2) is 0 Å². The van der Waals surface area contributed by atoms with Gasteiger partial charge in [-0.1, -0.05) is 36.9 Å². The lowest BCUT2D eigenvalue weighted by atomic mass is 9.91. The van der Waals surface area contributed by atoms with E-state index in [0.717, 1.165) is 29.2 Å². The Labute approximate surface area is 225 Å². The minimum atomic E-state index is -1.09. The number of epoxide rings is 1. The van der Waals surface area contributed by atoms with Crippen molar-refractivity contribution in [3.05, 3.63) is 72.9 Å². The topological polar surface area (TPSA) is 130 Å². The molecule has 10 heteroatoms. The second-order valence-corrected chi connectivity index (χ2v) is 8.88. The number of aliphatic hydroxyl groups is 1. The molecule has 10 nitrogen and oxygen atoms in total. The van der Waals surface area contributed by atoms with Gasteiger partial charge in [-0.25, -0.2) is 9.59 Å². The third-order valence-corrected chi connectivity index (χ3v) is 5.89. The monoisotopic (exact) mass is 538 g/mol. The quantitative estimate of drug-likeness (QED) is 0.126. The van der Waals surface area contributed by atoms with E-state index in [-0.39, 0.29) is 44.5 Å². The van der Waals surface area contributed by atoms with E-state index in [0.29, 0.717) is 12.4 Å². The molecule has 1 aliphatic carbocycles. The van der Waals surface area contributed by atoms with Crippen LogP contribution < -0.4 is 9.47 Å². The number of benzene rings is 2. The number of rotatable bonds is 14. The average Bonchev–Trinajstić information content (AvgIpc) is 3.80. The number of esters is 3. The van der Waals surface area contributed by atoms with Crippen LogP contribution in [0.5, 0.6) is 11.5 Å². The molecular formula is C29H30O10. The minimum absolute atomic E-state index is 0.102. The lowest BCUT2D eigenvalue weighted by molar-refractivity contribution is -0.154. The number of ether oxygens (including phenoxy) is 6. The fraction of sp³-hybridized carbons (Fsp3) is 0.345. The van der Waals surface area contributed by atoms with Crippen LogP contribution in [0.2, 0.25) is 0 Å². The summed E-state index contributed by atoms with van der Waals surface area (Å²) in [5, 5.41) is 12.2. The largest absolute Gasteiger partial charge is 0.491 e. The number of fused-ring (bicyclic) bond motifs is 1. The number of hydrogen-bond acceptors (Lipinski definition) is 10. The second-order valence-electron chi connectivity index (χ2n) is 8.88. The van der Waals surface area contributed by atoms with E-state index in [4.69, 9.17) is 28.4 Å². The van der Waals surface area contributed by atoms with Crippen LogP contribution in [0.15, 0.2) is 72.9 Å². The number of hydrogen-bond donors (Lipinski definition) is 1. The summed E-state index contributed by atoms with van der Waals surface area (Å²) < 4.78 is 31.6. The molecule has 2 aliphatic rings. The molecule has 4 rings (SSSR count). The molecule has 39 heavy (non-hydrogen) atoms. The van der Waals surface area contributed by atoms with Gasteiger partial charge in [-0.2, -0.15) is 0 Å². The smallest absolute Gasteiger partial charge is 0.334 e. The van der Waals surface area contributed by atoms with E-state index in [1.807, 2.05) is 30.3 Å². The van der Waals surface area contributed by atoms with Crippen LogP contribution >= 0.6 is 0 Å². The van der Waals surface area contributed by atoms with Gasteiger partial charge in [0.05, 0.1) is 18.1 Å². The van der Waals surface area contributed by atoms with Crippen molar-refractivity contribution in [1.29, 1.82) is 0 Å². The van der Waals surface area contributed by atoms with Gasteiger partial charge in [0.1, 0.15) is 56.7 Å². The zero-order valence-corrected chi connectivity index (χ0v) is 21.3. The fourth-order valence-corrected chi connectivity index (χ4v) is 3.74. The number of allylic oxidation sites excluding steroid dienone is 3. The van der Waals surface area contributed by atoms with Crippen molar-refractivity contribution in [2.24, 2.45) is 5.92 Å². The molecule has 0 aromatic heterocycles. The molecule has 3 atom stereocenters. The van der Waals surface area contributed by atoms with Crippen LogP contribution in [0.25, 0.3) is 10.8 Å². The van der Waals surface area contributed by atoms with E-state index < -0.39 is 29.9 Å². The molecule has 1 saturated heterocycles. The highest BCUT2D eigenvalue weighted by Crippen LogP contribution is 2.26. The van der Waals surface area contributed by atoms with Crippen LogP contribution in [-0.2, 0) is 33.3 Å². The highest BCUT2D eigenvalue weighted by atomic mass is 16.6. The fourth-order valence-electron chi connectivity index (χ4n) is 3.74. The van der Waals surface area contributed by atoms with Crippen molar-refractivity contribution in [1.82, 2.24) is 0 Å². The Bertz CT molecular complexity index is 1260. The predicted molar refractivity (Wildman–Crippen MR) is 139 cm³/mol. The average molecular weight is 539 g/mol. The van der Waals surface area contributed by atoms with E-state index in [9.17, 15) is 19.5 Å². The summed E-state index contributed by atoms with van der Waals surface area (Å²) >= 11 is 0. The highest BCUT2D eigenvalue weighted by Gasteiger charge is 2.31. The van der Waals surface area contributed by atoms with Crippen molar-refractivity contribution >= 4 is 28.7 Å². The molecule has 0 spiro atoms. The number of carbonyl (C=O) groups excluding carboxylic acids is 3. The van der Waals surface area contributed by atoms with Gasteiger partial charge in [-0.05, 0) is 41.5 Å². The number of aliphatic hydroxyl groups excluding tert-OH is 1. The molecule has 1 heterocycles. The molecule has 206 valence electrons. The Hall–Kier alpha value is -4.15. The summed E-state index contributed by atoms with van der Waals surface area (Å²) in [6.45, 7) is 3.84. The molecule has 2 aromatic rings. The lowest BCUT2D eigenvalue weighted by Gasteiger charge is -2.20. The standard InChI is InChI=1S/C29H30O10/c1-2-27(31)34-11-12-35-28(32)25-5-3-4-6-26(25)29(33)39-16-21(30)15-36-22-9-7-20-14-23(10-8-19(20)13-22)37-17-24-18-38-24/h2-4,6-10,13-14,21,24-25,30H,1,5,11-12,15-18H2. The molecular weight excluding hydrogens is 508 g/mol. The normalized spacial score (nSPS) is 18.4. The Morgan fingerprint density at radius 1 is 1.00 bits per heavy atom. The van der Waals surface area contributed by atoms with Gasteiger partial charge >= 0.3 is 17.9 Å². The second kappa shape index (κ2) is 13.6. The van der Waals surface area contributed by atoms with Crippen molar-refractivity contribution in [3.8, 4) is 11.5 Å². The van der Waals surface area contributed by atoms with E-state index in [2.05, 4.69) is 6.58 Å². The van der Waals surface area contributed by atoms with Crippen LogP contribution in [0.4, 0.5) is 0 Å². The van der Waals surface area contributed by atoms with Gasteiger partial charge < -0.3 is 33.5 Å². The first-order chi connectivity index (χ1) is 18.9. The minimum Gasteiger partial charge on any atom is -0.491 e. The van der Waals surface area contributed by atoms with Crippen LogP contribution in [0.1, 0.15) is 6.42 Å². The summed E-state index contributed by atoms with van der Waals surface area (Å²) in [5.74, 6) is -1.56. The Morgan fingerprint density at radius 3 is 2.38 bits per heavy atom. The van der Waals surface area contributed by atoms with E-state index in [1.165, 1.54) is 6.08 Å². The van der Waals surface area contributed by atoms with Gasteiger partial charge in [-0.3, -0.25) is 4.79 Å². The molecule has 0 radical (unpaired) electrons. The van der Waals surface area contributed by atoms with Crippen LogP contribution in [-0.4, -0.2) is 74.9 Å². The van der Waals surface area contributed by atoms with E-state index in [1.54, 1.807) is 18.2 Å². The molecule has 1 N–H and O–H groups in total. The highest BCUT2D eigenvalue weighted by molar-refractivity contribution is 5.96. The zero-order chi connectivity index (χ0) is 27.6.